The molecular formula is C12H8N2O2. The van der Waals surface area contributed by atoms with E-state index in [2.05, 4.69) is 9.97 Å². The van der Waals surface area contributed by atoms with Gasteiger partial charge in [-0.3, -0.25) is 4.98 Å². The molecule has 2 N–H and O–H groups in total. The van der Waals surface area contributed by atoms with Crippen molar-refractivity contribution in [2.45, 2.75) is 0 Å². The molecule has 0 bridgehead atoms. The van der Waals surface area contributed by atoms with Crippen molar-refractivity contribution < 1.29 is 9.90 Å². The van der Waals surface area contributed by atoms with Crippen molar-refractivity contribution in [1.29, 1.82) is 0 Å². The third-order valence-corrected chi connectivity index (χ3v) is 2.65. The molecule has 1 aromatic heterocycles. The monoisotopic (exact) mass is 212 g/mol. The summed E-state index contributed by atoms with van der Waals surface area (Å²) in [4.78, 5) is 18.3. The minimum Gasteiger partial charge on any atom is -0.478 e. The summed E-state index contributed by atoms with van der Waals surface area (Å²) in [7, 11) is 0. The number of carboxylic acids is 1. The predicted octanol–water partition coefficient (Wildman–Crippen LogP) is 2.37. The highest BCUT2D eigenvalue weighted by molar-refractivity contribution is 6.14. The molecular weight excluding hydrogens is 204 g/mol. The lowest BCUT2D eigenvalue weighted by Gasteiger charge is -1.99. The molecule has 0 atom stereocenters. The molecule has 0 saturated heterocycles. The molecule has 2 heterocycles. The number of rotatable bonds is 1. The van der Waals surface area contributed by atoms with Crippen LogP contribution in [0.15, 0.2) is 36.7 Å². The Labute approximate surface area is 90.9 Å². The van der Waals surface area contributed by atoms with Gasteiger partial charge in [0.15, 0.2) is 0 Å². The first kappa shape index (κ1) is 8.91. The smallest absolute Gasteiger partial charge is 0.340 e. The largest absolute Gasteiger partial charge is 0.478 e. The first-order valence-electron chi connectivity index (χ1n) is 4.86. The molecule has 1 aliphatic heterocycles. The number of carbonyl (C=O) groups is 1. The average molecular weight is 212 g/mol. The second-order valence-corrected chi connectivity index (χ2v) is 3.54. The molecule has 4 nitrogen and oxygen atoms in total. The van der Waals surface area contributed by atoms with Crippen molar-refractivity contribution in [2.24, 2.45) is 0 Å². The first-order chi connectivity index (χ1) is 7.79. The molecule has 2 aliphatic rings. The fourth-order valence-electron chi connectivity index (χ4n) is 2.02. The van der Waals surface area contributed by atoms with Crippen LogP contribution in [0.25, 0.3) is 22.2 Å². The number of aromatic nitrogens is 2. The van der Waals surface area contributed by atoms with Gasteiger partial charge in [-0.2, -0.15) is 0 Å². The van der Waals surface area contributed by atoms with Crippen LogP contribution in [0.1, 0.15) is 10.4 Å². The highest BCUT2D eigenvalue weighted by Gasteiger charge is 2.22. The summed E-state index contributed by atoms with van der Waals surface area (Å²) < 4.78 is 0. The number of nitrogens with one attached hydrogen (secondary N) is 1. The average Bonchev–Trinajstić information content (AvgIpc) is 2.63. The van der Waals surface area contributed by atoms with Crippen LogP contribution in [0.3, 0.4) is 0 Å². The maximum absolute atomic E-state index is 11.2. The third kappa shape index (κ3) is 1.04. The number of hydrogen-bond acceptors (Lipinski definition) is 2. The molecule has 16 heavy (non-hydrogen) atoms. The van der Waals surface area contributed by atoms with E-state index in [1.54, 1.807) is 18.5 Å². The molecule has 0 unspecified atom stereocenters. The van der Waals surface area contributed by atoms with E-state index in [1.165, 1.54) is 0 Å². The molecule has 0 amide bonds. The van der Waals surface area contributed by atoms with Gasteiger partial charge < -0.3 is 10.1 Å². The predicted molar refractivity (Wildman–Crippen MR) is 59.7 cm³/mol. The zero-order valence-electron chi connectivity index (χ0n) is 8.27. The first-order valence-corrected chi connectivity index (χ1v) is 4.86. The van der Waals surface area contributed by atoms with Crippen LogP contribution in [0.4, 0.5) is 0 Å². The Morgan fingerprint density at radius 3 is 3.00 bits per heavy atom. The van der Waals surface area contributed by atoms with E-state index in [4.69, 9.17) is 0 Å². The Kier molecular flexibility index (Phi) is 1.71. The molecule has 78 valence electrons. The molecule has 3 rings (SSSR count). The van der Waals surface area contributed by atoms with Crippen LogP contribution < -0.4 is 0 Å². The molecule has 0 saturated carbocycles. The van der Waals surface area contributed by atoms with Gasteiger partial charge in [-0.1, -0.05) is 12.1 Å². The molecule has 0 aromatic carbocycles. The minimum absolute atomic E-state index is 0.242. The molecule has 0 radical (unpaired) electrons. The zero-order chi connectivity index (χ0) is 11.1. The van der Waals surface area contributed by atoms with Crippen LogP contribution in [-0.4, -0.2) is 21.0 Å². The Morgan fingerprint density at radius 2 is 2.19 bits per heavy atom. The SMILES string of the molecule is O=C(O)c1c2[nH]cccc-2c2cccnc12. The zero-order valence-corrected chi connectivity index (χ0v) is 8.27. The summed E-state index contributed by atoms with van der Waals surface area (Å²) in [6, 6.07) is 7.42. The Hall–Kier alpha value is -2.36. The lowest BCUT2D eigenvalue weighted by Crippen LogP contribution is -1.98. The number of H-pyrrole nitrogens is 1. The Balaban J connectivity index is 2.57. The summed E-state index contributed by atoms with van der Waals surface area (Å²) in [5.74, 6) is -0.957. The Morgan fingerprint density at radius 1 is 1.31 bits per heavy atom. The van der Waals surface area contributed by atoms with Gasteiger partial charge in [0, 0.05) is 23.3 Å². The fourth-order valence-corrected chi connectivity index (χ4v) is 2.02. The van der Waals surface area contributed by atoms with Crippen molar-refractivity contribution in [3.05, 3.63) is 42.2 Å². The van der Waals surface area contributed by atoms with Crippen LogP contribution >= 0.6 is 0 Å². The number of fused-ring (bicyclic) bond motifs is 3. The van der Waals surface area contributed by atoms with E-state index in [9.17, 15) is 9.90 Å². The van der Waals surface area contributed by atoms with E-state index in [-0.39, 0.29) is 5.56 Å². The molecule has 0 fully saturated rings. The van der Waals surface area contributed by atoms with E-state index in [0.29, 0.717) is 11.2 Å². The standard InChI is InChI=1S/C12H8N2O2/c15-12(16)9-10-7(3-1-5-13-10)8-4-2-6-14-11(8)9/h1-6,13H,(H,15,16). The molecule has 1 aliphatic carbocycles. The summed E-state index contributed by atoms with van der Waals surface area (Å²) >= 11 is 0. The lowest BCUT2D eigenvalue weighted by atomic mass is 10.1. The van der Waals surface area contributed by atoms with Crippen molar-refractivity contribution in [3.8, 4) is 11.3 Å². The van der Waals surface area contributed by atoms with Crippen LogP contribution in [-0.2, 0) is 0 Å². The molecule has 0 spiro atoms. The van der Waals surface area contributed by atoms with Gasteiger partial charge in [-0.05, 0) is 12.1 Å². The summed E-state index contributed by atoms with van der Waals surface area (Å²) in [5.41, 5.74) is 2.30. The van der Waals surface area contributed by atoms with Gasteiger partial charge in [0.2, 0.25) is 0 Å². The fraction of sp³-hybridized carbons (Fsp3) is 0. The van der Waals surface area contributed by atoms with Crippen LogP contribution in [0.5, 0.6) is 0 Å². The molecule has 4 heteroatoms. The van der Waals surface area contributed by atoms with Gasteiger partial charge >= 0.3 is 5.97 Å². The van der Waals surface area contributed by atoms with Gasteiger partial charge in [0.05, 0.1) is 11.2 Å². The third-order valence-electron chi connectivity index (χ3n) is 2.65. The minimum atomic E-state index is -0.957. The van der Waals surface area contributed by atoms with E-state index < -0.39 is 5.97 Å². The highest BCUT2D eigenvalue weighted by atomic mass is 16.4. The van der Waals surface area contributed by atoms with Gasteiger partial charge in [0.1, 0.15) is 5.56 Å². The summed E-state index contributed by atoms with van der Waals surface area (Å²) in [6.45, 7) is 0. The van der Waals surface area contributed by atoms with Crippen LogP contribution in [0.2, 0.25) is 0 Å². The summed E-state index contributed by atoms with van der Waals surface area (Å²) in [5, 5.41) is 10.1. The number of aromatic amines is 1. The van der Waals surface area contributed by atoms with E-state index >= 15 is 0 Å². The summed E-state index contributed by atoms with van der Waals surface area (Å²) in [6.07, 6.45) is 3.32. The number of carboxylic acid groups (broad SMARTS) is 1. The normalized spacial score (nSPS) is 11.0. The number of hydrogen-bond donors (Lipinski definition) is 2. The number of nitrogens with zero attached hydrogens (tertiary/aromatic N) is 1. The van der Waals surface area contributed by atoms with Crippen molar-refractivity contribution >= 4 is 16.9 Å². The van der Waals surface area contributed by atoms with Crippen molar-refractivity contribution in [2.75, 3.05) is 0 Å². The Bertz CT molecular complexity index is 657. The van der Waals surface area contributed by atoms with Gasteiger partial charge in [-0.25, -0.2) is 4.79 Å². The van der Waals surface area contributed by atoms with Gasteiger partial charge in [-0.15, -0.1) is 0 Å². The lowest BCUT2D eigenvalue weighted by molar-refractivity contribution is 0.0699. The van der Waals surface area contributed by atoms with Crippen molar-refractivity contribution in [1.82, 2.24) is 9.97 Å². The van der Waals surface area contributed by atoms with Gasteiger partial charge in [0.25, 0.3) is 0 Å². The second-order valence-electron chi connectivity index (χ2n) is 3.54. The molecule has 1 aromatic rings. The topological polar surface area (TPSA) is 66.0 Å². The maximum atomic E-state index is 11.2. The number of pyridine rings is 2. The number of aromatic carboxylic acids is 1. The maximum Gasteiger partial charge on any atom is 0.340 e. The highest BCUT2D eigenvalue weighted by Crippen LogP contribution is 2.35. The van der Waals surface area contributed by atoms with Crippen molar-refractivity contribution in [3.63, 3.8) is 0 Å². The quantitative estimate of drug-likeness (QED) is 0.650. The van der Waals surface area contributed by atoms with Crippen LogP contribution in [0, 0.1) is 0 Å². The second kappa shape index (κ2) is 3.06. The van der Waals surface area contributed by atoms with E-state index in [0.717, 1.165) is 10.9 Å². The van der Waals surface area contributed by atoms with E-state index in [1.807, 2.05) is 18.2 Å².